The van der Waals surface area contributed by atoms with Crippen molar-refractivity contribution in [1.82, 2.24) is 9.97 Å². The number of nitrogens with one attached hydrogen (secondary N) is 4. The van der Waals surface area contributed by atoms with E-state index in [1.807, 2.05) is 0 Å². The van der Waals surface area contributed by atoms with E-state index in [0.717, 1.165) is 5.56 Å². The molecule has 11 heteroatoms. The van der Waals surface area contributed by atoms with E-state index in [2.05, 4.69) is 25.9 Å². The number of aromatic nitrogens is 2. The van der Waals surface area contributed by atoms with E-state index in [4.69, 9.17) is 9.89 Å². The Morgan fingerprint density at radius 1 is 1.12 bits per heavy atom. The van der Waals surface area contributed by atoms with Gasteiger partial charge in [0, 0.05) is 40.3 Å². The van der Waals surface area contributed by atoms with Gasteiger partial charge in [-0.3, -0.25) is 5.32 Å². The monoisotopic (exact) mass is 456 g/mol. The second kappa shape index (κ2) is 9.62. The summed E-state index contributed by atoms with van der Waals surface area (Å²) in [5.41, 5.74) is 2.53. The summed E-state index contributed by atoms with van der Waals surface area (Å²) in [5, 5.41) is 26.8. The van der Waals surface area contributed by atoms with Gasteiger partial charge in [-0.25, -0.2) is 18.8 Å². The van der Waals surface area contributed by atoms with E-state index in [1.165, 1.54) is 6.26 Å². The Morgan fingerprint density at radius 3 is 2.31 bits per heavy atom. The molecule has 1 amide bonds. The number of benzene rings is 2. The molecule has 6 N–H and O–H groups in total. The van der Waals surface area contributed by atoms with Crippen LogP contribution in [0.25, 0.3) is 11.1 Å². The molecule has 3 aromatic rings. The summed E-state index contributed by atoms with van der Waals surface area (Å²) in [6, 6.07) is 13.1. The molecule has 168 valence electrons. The van der Waals surface area contributed by atoms with Gasteiger partial charge >= 0.3 is 6.09 Å². The van der Waals surface area contributed by atoms with Gasteiger partial charge in [-0.1, -0.05) is 12.1 Å². The van der Waals surface area contributed by atoms with E-state index in [-0.39, 0.29) is 12.6 Å². The molecular weight excluding hydrogens is 432 g/mol. The maximum atomic E-state index is 11.8. The summed E-state index contributed by atoms with van der Waals surface area (Å²) < 4.78 is 19.5. The Morgan fingerprint density at radius 2 is 1.75 bits per heavy atom. The lowest BCUT2D eigenvalue weighted by Gasteiger charge is -2.17. The largest absolute Gasteiger partial charge is 0.465 e. The third-order valence-electron chi connectivity index (χ3n) is 4.45. The predicted octanol–water partition coefficient (Wildman–Crippen LogP) is 3.81. The standard InChI is InChI=1S/C21H24N6O4S/c1-13(12-28)24-19-18(14-3-5-16(6-4-14)26-21(29)30)11-23-20(27-19)25-15-7-9-17(10-8-15)32(2,22)31/h3-11,13,22,26,28H,12H2,1-2H3,(H,29,30)(H2,23,24,25,27)/t13-,32?/m1/s1. The van der Waals surface area contributed by atoms with Crippen molar-refractivity contribution in [2.75, 3.05) is 28.8 Å². The average molecular weight is 457 g/mol. The molecule has 0 aliphatic heterocycles. The summed E-state index contributed by atoms with van der Waals surface area (Å²) >= 11 is 0. The molecular formula is C21H24N6O4S. The summed E-state index contributed by atoms with van der Waals surface area (Å²) in [6.07, 6.45) is 1.84. The first-order valence-electron chi connectivity index (χ1n) is 9.61. The minimum Gasteiger partial charge on any atom is -0.465 e. The number of aliphatic hydroxyl groups is 1. The van der Waals surface area contributed by atoms with Crippen molar-refractivity contribution in [3.05, 3.63) is 54.7 Å². The number of anilines is 4. The zero-order valence-corrected chi connectivity index (χ0v) is 18.3. The maximum Gasteiger partial charge on any atom is 0.409 e. The first-order valence-corrected chi connectivity index (χ1v) is 11.6. The van der Waals surface area contributed by atoms with Crippen molar-refractivity contribution in [2.45, 2.75) is 17.9 Å². The van der Waals surface area contributed by atoms with Crippen molar-refractivity contribution in [3.63, 3.8) is 0 Å². The van der Waals surface area contributed by atoms with Gasteiger partial charge in [0.15, 0.2) is 0 Å². The first-order chi connectivity index (χ1) is 15.2. The number of hydrogen-bond acceptors (Lipinski definition) is 8. The third-order valence-corrected chi connectivity index (χ3v) is 5.62. The molecule has 1 unspecified atom stereocenters. The molecule has 0 aliphatic carbocycles. The summed E-state index contributed by atoms with van der Waals surface area (Å²) in [6.45, 7) is 1.71. The van der Waals surface area contributed by atoms with Crippen LogP contribution in [0, 0.1) is 4.78 Å². The van der Waals surface area contributed by atoms with Gasteiger partial charge in [-0.05, 0) is 48.9 Å². The van der Waals surface area contributed by atoms with Gasteiger partial charge in [0.1, 0.15) is 5.82 Å². The van der Waals surface area contributed by atoms with Crippen molar-refractivity contribution < 1.29 is 19.2 Å². The second-order valence-electron chi connectivity index (χ2n) is 7.18. The topological polar surface area (TPSA) is 160 Å². The van der Waals surface area contributed by atoms with Gasteiger partial charge < -0.3 is 20.8 Å². The molecule has 1 heterocycles. The summed E-state index contributed by atoms with van der Waals surface area (Å²) in [7, 11) is -2.79. The van der Waals surface area contributed by atoms with Crippen LogP contribution < -0.4 is 16.0 Å². The average Bonchev–Trinajstić information content (AvgIpc) is 2.74. The number of carbonyl (C=O) groups is 1. The van der Waals surface area contributed by atoms with Crippen LogP contribution in [0.4, 0.5) is 27.9 Å². The van der Waals surface area contributed by atoms with Crippen molar-refractivity contribution >= 4 is 39.0 Å². The summed E-state index contributed by atoms with van der Waals surface area (Å²) in [4.78, 5) is 20.1. The SMILES string of the molecule is C[C@H](CO)Nc1nc(Nc2ccc(S(C)(=N)=O)cc2)ncc1-c1ccc(NC(=O)O)cc1. The van der Waals surface area contributed by atoms with Crippen LogP contribution in [0.2, 0.25) is 0 Å². The molecule has 0 bridgehead atoms. The van der Waals surface area contributed by atoms with Crippen LogP contribution in [0.5, 0.6) is 0 Å². The quantitative estimate of drug-likeness (QED) is 0.298. The molecule has 1 aromatic heterocycles. The lowest BCUT2D eigenvalue weighted by Crippen LogP contribution is -2.21. The first kappa shape index (κ1) is 23.0. The van der Waals surface area contributed by atoms with Gasteiger partial charge in [0.2, 0.25) is 5.95 Å². The van der Waals surface area contributed by atoms with E-state index in [1.54, 1.807) is 61.7 Å². The normalized spacial score (nSPS) is 13.6. The Hall–Kier alpha value is -3.70. The Labute approximate surface area is 185 Å². The molecule has 2 aromatic carbocycles. The highest BCUT2D eigenvalue weighted by Crippen LogP contribution is 2.29. The highest BCUT2D eigenvalue weighted by molar-refractivity contribution is 7.91. The fourth-order valence-electron chi connectivity index (χ4n) is 2.83. The third kappa shape index (κ3) is 5.93. The van der Waals surface area contributed by atoms with Gasteiger partial charge in [0.05, 0.1) is 16.3 Å². The zero-order chi connectivity index (χ0) is 23.3. The molecule has 0 saturated heterocycles. The molecule has 0 fully saturated rings. The van der Waals surface area contributed by atoms with Gasteiger partial charge in [-0.15, -0.1) is 0 Å². The van der Waals surface area contributed by atoms with Crippen molar-refractivity contribution in [2.24, 2.45) is 0 Å². The maximum absolute atomic E-state index is 11.8. The molecule has 10 nitrogen and oxygen atoms in total. The van der Waals surface area contributed by atoms with E-state index in [9.17, 15) is 14.1 Å². The molecule has 0 spiro atoms. The fourth-order valence-corrected chi connectivity index (χ4v) is 3.48. The zero-order valence-electron chi connectivity index (χ0n) is 17.5. The van der Waals surface area contributed by atoms with Gasteiger partial charge in [0.25, 0.3) is 0 Å². The highest BCUT2D eigenvalue weighted by Gasteiger charge is 2.13. The van der Waals surface area contributed by atoms with E-state index in [0.29, 0.717) is 33.6 Å². The second-order valence-corrected chi connectivity index (χ2v) is 9.34. The molecule has 0 aliphatic rings. The van der Waals surface area contributed by atoms with Crippen LogP contribution in [0.1, 0.15) is 6.92 Å². The minimum absolute atomic E-state index is 0.0987. The van der Waals surface area contributed by atoms with Crippen LogP contribution in [-0.2, 0) is 9.73 Å². The van der Waals surface area contributed by atoms with E-state index < -0.39 is 15.8 Å². The number of rotatable bonds is 8. The lowest BCUT2D eigenvalue weighted by atomic mass is 10.1. The van der Waals surface area contributed by atoms with Crippen LogP contribution >= 0.6 is 0 Å². The van der Waals surface area contributed by atoms with Crippen LogP contribution in [0.3, 0.4) is 0 Å². The van der Waals surface area contributed by atoms with E-state index >= 15 is 0 Å². The molecule has 2 atom stereocenters. The fraction of sp³-hybridized carbons (Fsp3) is 0.190. The number of nitrogens with zero attached hydrogens (tertiary/aromatic N) is 2. The van der Waals surface area contributed by atoms with Crippen molar-refractivity contribution in [1.29, 1.82) is 4.78 Å². The Balaban J connectivity index is 1.90. The smallest absolute Gasteiger partial charge is 0.409 e. The molecule has 32 heavy (non-hydrogen) atoms. The summed E-state index contributed by atoms with van der Waals surface area (Å²) in [5.74, 6) is 0.795. The van der Waals surface area contributed by atoms with Crippen LogP contribution in [-0.4, -0.2) is 49.4 Å². The molecule has 0 saturated carbocycles. The Bertz CT molecular complexity index is 1200. The predicted molar refractivity (Wildman–Crippen MR) is 124 cm³/mol. The Kier molecular flexibility index (Phi) is 6.91. The lowest BCUT2D eigenvalue weighted by molar-refractivity contribution is 0.209. The van der Waals surface area contributed by atoms with Gasteiger partial charge in [-0.2, -0.15) is 4.98 Å². The molecule has 0 radical (unpaired) electrons. The molecule has 3 rings (SSSR count). The minimum atomic E-state index is -2.79. The number of hydrogen-bond donors (Lipinski definition) is 6. The number of carboxylic acid groups (broad SMARTS) is 1. The van der Waals surface area contributed by atoms with Crippen molar-refractivity contribution in [3.8, 4) is 11.1 Å². The number of aliphatic hydroxyl groups excluding tert-OH is 1. The van der Waals surface area contributed by atoms with Crippen LogP contribution in [0.15, 0.2) is 59.6 Å². The number of amides is 1. The highest BCUT2D eigenvalue weighted by atomic mass is 32.2.